The molecule has 2 heterocycles. The highest BCUT2D eigenvalue weighted by molar-refractivity contribution is 7.13. The van der Waals surface area contributed by atoms with Crippen molar-refractivity contribution in [2.24, 2.45) is 0 Å². The second-order valence-electron chi connectivity index (χ2n) is 6.69. The molecule has 4 nitrogen and oxygen atoms in total. The number of amides is 1. The molecule has 3 aromatic rings. The zero-order valence-corrected chi connectivity index (χ0v) is 15.9. The Bertz CT molecular complexity index is 962. The second kappa shape index (κ2) is 7.48. The molecule has 1 fully saturated rings. The fourth-order valence-electron chi connectivity index (χ4n) is 3.24. The molecule has 6 heteroatoms. The SMILES string of the molecule is Cc1ccc(-c2nc(C(=O)Nc3c(F)cccc3N3CCCC3)cs2)cc1. The lowest BCUT2D eigenvalue weighted by Crippen LogP contribution is -2.22. The van der Waals surface area contributed by atoms with Gasteiger partial charge in [0.05, 0.1) is 5.69 Å². The van der Waals surface area contributed by atoms with E-state index in [0.717, 1.165) is 42.2 Å². The molecule has 1 aliphatic heterocycles. The molecule has 0 aliphatic carbocycles. The summed E-state index contributed by atoms with van der Waals surface area (Å²) in [5.41, 5.74) is 3.39. The Hall–Kier alpha value is -2.73. The molecule has 1 N–H and O–H groups in total. The van der Waals surface area contributed by atoms with Gasteiger partial charge < -0.3 is 10.2 Å². The van der Waals surface area contributed by atoms with Crippen LogP contribution in [-0.4, -0.2) is 24.0 Å². The van der Waals surface area contributed by atoms with Crippen LogP contribution in [0.15, 0.2) is 47.8 Å². The largest absolute Gasteiger partial charge is 0.370 e. The molecule has 1 aromatic heterocycles. The summed E-state index contributed by atoms with van der Waals surface area (Å²) in [5, 5.41) is 5.22. The number of anilines is 2. The van der Waals surface area contributed by atoms with E-state index < -0.39 is 11.7 Å². The van der Waals surface area contributed by atoms with Crippen molar-refractivity contribution in [1.82, 2.24) is 4.98 Å². The van der Waals surface area contributed by atoms with Crippen molar-refractivity contribution in [3.8, 4) is 10.6 Å². The first kappa shape index (κ1) is 17.7. The minimum Gasteiger partial charge on any atom is -0.370 e. The molecule has 2 aromatic carbocycles. The lowest BCUT2D eigenvalue weighted by Gasteiger charge is -2.21. The maximum Gasteiger partial charge on any atom is 0.275 e. The van der Waals surface area contributed by atoms with Gasteiger partial charge in [-0.3, -0.25) is 4.79 Å². The van der Waals surface area contributed by atoms with Crippen LogP contribution in [0.5, 0.6) is 0 Å². The minimum absolute atomic E-state index is 0.231. The molecule has 138 valence electrons. The van der Waals surface area contributed by atoms with Crippen LogP contribution in [0.1, 0.15) is 28.9 Å². The first-order valence-corrected chi connectivity index (χ1v) is 9.87. The van der Waals surface area contributed by atoms with Crippen molar-refractivity contribution in [1.29, 1.82) is 0 Å². The molecule has 1 amide bonds. The summed E-state index contributed by atoms with van der Waals surface area (Å²) in [6.45, 7) is 3.78. The molecular weight excluding hydrogens is 361 g/mol. The highest BCUT2D eigenvalue weighted by atomic mass is 32.1. The summed E-state index contributed by atoms with van der Waals surface area (Å²) >= 11 is 1.40. The Labute approximate surface area is 161 Å². The Balaban J connectivity index is 1.57. The normalized spacial score (nSPS) is 13.8. The zero-order chi connectivity index (χ0) is 18.8. The molecule has 0 spiro atoms. The Morgan fingerprint density at radius 2 is 1.89 bits per heavy atom. The number of halogens is 1. The van der Waals surface area contributed by atoms with E-state index in [2.05, 4.69) is 15.2 Å². The van der Waals surface area contributed by atoms with Crippen molar-refractivity contribution in [2.45, 2.75) is 19.8 Å². The lowest BCUT2D eigenvalue weighted by molar-refractivity contribution is 0.102. The van der Waals surface area contributed by atoms with Crippen molar-refractivity contribution < 1.29 is 9.18 Å². The number of nitrogens with zero attached hydrogens (tertiary/aromatic N) is 2. The summed E-state index contributed by atoms with van der Waals surface area (Å²) in [6.07, 6.45) is 2.16. The maximum atomic E-state index is 14.4. The fraction of sp³-hybridized carbons (Fsp3) is 0.238. The molecule has 1 saturated heterocycles. The first-order valence-electron chi connectivity index (χ1n) is 8.99. The van der Waals surface area contributed by atoms with Gasteiger partial charge in [0.15, 0.2) is 0 Å². The van der Waals surface area contributed by atoms with Crippen LogP contribution >= 0.6 is 11.3 Å². The van der Waals surface area contributed by atoms with E-state index in [9.17, 15) is 9.18 Å². The van der Waals surface area contributed by atoms with Gasteiger partial charge in [0, 0.05) is 24.0 Å². The fourth-order valence-corrected chi connectivity index (χ4v) is 4.05. The lowest BCUT2D eigenvalue weighted by atomic mass is 10.2. The molecule has 0 atom stereocenters. The molecule has 0 unspecified atom stereocenters. The Morgan fingerprint density at radius 1 is 1.15 bits per heavy atom. The van der Waals surface area contributed by atoms with E-state index in [-0.39, 0.29) is 5.69 Å². The number of carbonyl (C=O) groups is 1. The van der Waals surface area contributed by atoms with Crippen LogP contribution in [0.2, 0.25) is 0 Å². The van der Waals surface area contributed by atoms with Gasteiger partial charge >= 0.3 is 0 Å². The summed E-state index contributed by atoms with van der Waals surface area (Å²) in [6, 6.07) is 12.9. The van der Waals surface area contributed by atoms with E-state index in [4.69, 9.17) is 0 Å². The number of aromatic nitrogens is 1. The third kappa shape index (κ3) is 3.71. The van der Waals surface area contributed by atoms with E-state index in [0.29, 0.717) is 5.69 Å². The second-order valence-corrected chi connectivity index (χ2v) is 7.54. The first-order chi connectivity index (χ1) is 13.1. The number of nitrogens with one attached hydrogen (secondary N) is 1. The molecule has 0 bridgehead atoms. The van der Waals surface area contributed by atoms with Crippen molar-refractivity contribution >= 4 is 28.6 Å². The number of aryl methyl sites for hydroxylation is 1. The summed E-state index contributed by atoms with van der Waals surface area (Å²) in [7, 11) is 0. The predicted molar refractivity (Wildman–Crippen MR) is 108 cm³/mol. The maximum absolute atomic E-state index is 14.4. The van der Waals surface area contributed by atoms with Gasteiger partial charge in [0.25, 0.3) is 5.91 Å². The van der Waals surface area contributed by atoms with Crippen LogP contribution in [0.25, 0.3) is 10.6 Å². The Kier molecular flexibility index (Phi) is 4.90. The van der Waals surface area contributed by atoms with E-state index >= 15 is 0 Å². The Morgan fingerprint density at radius 3 is 2.63 bits per heavy atom. The van der Waals surface area contributed by atoms with E-state index in [1.165, 1.54) is 23.0 Å². The molecule has 0 saturated carbocycles. The number of para-hydroxylation sites is 1. The molecule has 0 radical (unpaired) electrons. The van der Waals surface area contributed by atoms with Gasteiger partial charge in [-0.05, 0) is 31.9 Å². The van der Waals surface area contributed by atoms with Crippen LogP contribution in [0.3, 0.4) is 0 Å². The molecule has 1 aliphatic rings. The minimum atomic E-state index is -0.429. The number of carbonyl (C=O) groups excluding carboxylic acids is 1. The third-order valence-electron chi connectivity index (χ3n) is 4.71. The molecule has 4 rings (SSSR count). The monoisotopic (exact) mass is 381 g/mol. The quantitative estimate of drug-likeness (QED) is 0.683. The van der Waals surface area contributed by atoms with Crippen molar-refractivity contribution in [2.75, 3.05) is 23.3 Å². The van der Waals surface area contributed by atoms with Gasteiger partial charge in [0.1, 0.15) is 22.2 Å². The number of benzene rings is 2. The van der Waals surface area contributed by atoms with Gasteiger partial charge in [0.2, 0.25) is 0 Å². The number of hydrogen-bond donors (Lipinski definition) is 1. The van der Waals surface area contributed by atoms with Gasteiger partial charge in [-0.1, -0.05) is 35.9 Å². The van der Waals surface area contributed by atoms with E-state index in [1.54, 1.807) is 11.4 Å². The summed E-state index contributed by atoms with van der Waals surface area (Å²) < 4.78 is 14.4. The smallest absolute Gasteiger partial charge is 0.275 e. The van der Waals surface area contributed by atoms with Crippen LogP contribution in [0.4, 0.5) is 15.8 Å². The molecular formula is C21H20FN3OS. The highest BCUT2D eigenvalue weighted by Gasteiger charge is 2.21. The predicted octanol–water partition coefficient (Wildman–Crippen LogP) is 5.11. The highest BCUT2D eigenvalue weighted by Crippen LogP contribution is 2.32. The standard InChI is InChI=1S/C21H20FN3OS/c1-14-7-9-15(10-8-14)21-23-17(13-27-21)20(26)24-19-16(22)5-4-6-18(19)25-11-2-3-12-25/h4-10,13H,2-3,11-12H2,1H3,(H,24,26). The average Bonchev–Trinajstić information content (AvgIpc) is 3.36. The van der Waals surface area contributed by atoms with Crippen LogP contribution in [0, 0.1) is 12.7 Å². The van der Waals surface area contributed by atoms with Crippen molar-refractivity contribution in [3.63, 3.8) is 0 Å². The van der Waals surface area contributed by atoms with Crippen LogP contribution in [-0.2, 0) is 0 Å². The number of hydrogen-bond acceptors (Lipinski definition) is 4. The average molecular weight is 381 g/mol. The third-order valence-corrected chi connectivity index (χ3v) is 5.60. The zero-order valence-electron chi connectivity index (χ0n) is 15.0. The number of rotatable bonds is 4. The van der Waals surface area contributed by atoms with E-state index in [1.807, 2.05) is 37.3 Å². The van der Waals surface area contributed by atoms with Gasteiger partial charge in [-0.2, -0.15) is 0 Å². The van der Waals surface area contributed by atoms with Crippen molar-refractivity contribution in [3.05, 3.63) is 64.9 Å². The summed E-state index contributed by atoms with van der Waals surface area (Å²) in [4.78, 5) is 19.2. The van der Waals surface area contributed by atoms with Gasteiger partial charge in [-0.25, -0.2) is 9.37 Å². The summed E-state index contributed by atoms with van der Waals surface area (Å²) in [5.74, 6) is -0.822. The number of thiazole rings is 1. The molecule has 27 heavy (non-hydrogen) atoms. The topological polar surface area (TPSA) is 45.2 Å². The van der Waals surface area contributed by atoms with Gasteiger partial charge in [-0.15, -0.1) is 11.3 Å². The van der Waals surface area contributed by atoms with Crippen LogP contribution < -0.4 is 10.2 Å².